The maximum Gasteiger partial charge on any atom is 0.325 e. The molecule has 0 saturated carbocycles. The fourth-order valence-corrected chi connectivity index (χ4v) is 1.18. The monoisotopic (exact) mass is 222 g/mol. The van der Waals surface area contributed by atoms with Gasteiger partial charge in [-0.25, -0.2) is 0 Å². The first-order valence-corrected chi connectivity index (χ1v) is 4.86. The molecule has 0 saturated heterocycles. The second-order valence-corrected chi connectivity index (χ2v) is 3.46. The Morgan fingerprint density at radius 3 is 2.38 bits per heavy atom. The predicted molar refractivity (Wildman–Crippen MR) is 58.6 cm³/mol. The average Bonchev–Trinajstić information content (AvgIpc) is 2.28. The molecule has 0 heterocycles. The van der Waals surface area contributed by atoms with Gasteiger partial charge < -0.3 is 16.2 Å². The molecule has 0 bridgehead atoms. The van der Waals surface area contributed by atoms with Crippen molar-refractivity contribution in [2.24, 2.45) is 5.73 Å². The molecular weight excluding hydrogens is 208 g/mol. The van der Waals surface area contributed by atoms with Crippen LogP contribution in [0.3, 0.4) is 0 Å². The lowest BCUT2D eigenvalue weighted by Gasteiger charge is -2.14. The number of carboxylic acids is 1. The number of aliphatic carboxylic acids is 1. The lowest BCUT2D eigenvalue weighted by Crippen LogP contribution is -2.43. The zero-order chi connectivity index (χ0) is 12.1. The number of rotatable bonds is 4. The summed E-state index contributed by atoms with van der Waals surface area (Å²) in [6.07, 6.45) is 0. The zero-order valence-electron chi connectivity index (χ0n) is 8.88. The first-order chi connectivity index (χ1) is 7.52. The lowest BCUT2D eigenvalue weighted by molar-refractivity contribution is -0.141. The van der Waals surface area contributed by atoms with E-state index in [-0.39, 0.29) is 0 Å². The van der Waals surface area contributed by atoms with E-state index in [1.807, 2.05) is 6.07 Å². The highest BCUT2D eigenvalue weighted by atomic mass is 16.4. The van der Waals surface area contributed by atoms with E-state index >= 15 is 0 Å². The van der Waals surface area contributed by atoms with E-state index in [1.165, 1.54) is 6.92 Å². The highest BCUT2D eigenvalue weighted by Crippen LogP contribution is 2.09. The maximum absolute atomic E-state index is 11.6. The maximum atomic E-state index is 11.6. The van der Waals surface area contributed by atoms with Crippen molar-refractivity contribution in [1.29, 1.82) is 0 Å². The smallest absolute Gasteiger partial charge is 0.325 e. The first-order valence-electron chi connectivity index (χ1n) is 4.86. The summed E-state index contributed by atoms with van der Waals surface area (Å²) in [4.78, 5) is 22.1. The Labute approximate surface area is 93.3 Å². The van der Waals surface area contributed by atoms with E-state index in [1.54, 1.807) is 24.3 Å². The van der Waals surface area contributed by atoms with Crippen molar-refractivity contribution < 1.29 is 14.7 Å². The number of carbonyl (C=O) groups is 2. The molecule has 86 valence electrons. The van der Waals surface area contributed by atoms with Crippen LogP contribution in [-0.4, -0.2) is 23.0 Å². The molecule has 1 aromatic rings. The van der Waals surface area contributed by atoms with Crippen molar-refractivity contribution in [3.63, 3.8) is 0 Å². The van der Waals surface area contributed by atoms with Crippen molar-refractivity contribution in [3.8, 4) is 0 Å². The number of hydrogen-bond acceptors (Lipinski definition) is 3. The number of benzene rings is 1. The van der Waals surface area contributed by atoms with E-state index in [0.717, 1.165) is 0 Å². The number of nitrogens with two attached hydrogens (primary N) is 1. The van der Waals surface area contributed by atoms with Crippen molar-refractivity contribution in [2.45, 2.75) is 19.0 Å². The van der Waals surface area contributed by atoms with Gasteiger partial charge in [0, 0.05) is 0 Å². The summed E-state index contributed by atoms with van der Waals surface area (Å²) in [7, 11) is 0. The molecule has 5 heteroatoms. The molecule has 2 atom stereocenters. The molecule has 0 aliphatic heterocycles. The Bertz CT molecular complexity index is 378. The van der Waals surface area contributed by atoms with Gasteiger partial charge >= 0.3 is 5.97 Å². The summed E-state index contributed by atoms with van der Waals surface area (Å²) < 4.78 is 0. The Balaban J connectivity index is 2.65. The van der Waals surface area contributed by atoms with E-state index in [9.17, 15) is 9.59 Å². The molecule has 4 N–H and O–H groups in total. The van der Waals surface area contributed by atoms with Crippen LogP contribution in [0.4, 0.5) is 0 Å². The fraction of sp³-hybridized carbons (Fsp3) is 0.273. The quantitative estimate of drug-likeness (QED) is 0.682. The molecular formula is C11H14N2O3. The molecule has 0 radical (unpaired) electrons. The third-order valence-electron chi connectivity index (χ3n) is 2.17. The van der Waals surface area contributed by atoms with Gasteiger partial charge in [-0.1, -0.05) is 30.3 Å². The van der Waals surface area contributed by atoms with Gasteiger partial charge in [0.25, 0.3) is 0 Å². The minimum atomic E-state index is -1.09. The third-order valence-corrected chi connectivity index (χ3v) is 2.17. The summed E-state index contributed by atoms with van der Waals surface area (Å²) in [6.45, 7) is 1.39. The predicted octanol–water partition coefficient (Wildman–Crippen LogP) is 0.276. The SMILES string of the molecule is C[C@@H](NC(=O)C(N)c1ccccc1)C(=O)O. The molecule has 0 fully saturated rings. The Hall–Kier alpha value is -1.88. The van der Waals surface area contributed by atoms with Gasteiger partial charge in [-0.15, -0.1) is 0 Å². The highest BCUT2D eigenvalue weighted by Gasteiger charge is 2.20. The van der Waals surface area contributed by atoms with Crippen LogP contribution >= 0.6 is 0 Å². The van der Waals surface area contributed by atoms with Crippen LogP contribution < -0.4 is 11.1 Å². The molecule has 1 unspecified atom stereocenters. The molecule has 1 amide bonds. The number of carboxylic acid groups (broad SMARTS) is 1. The van der Waals surface area contributed by atoms with Crippen LogP contribution in [0.15, 0.2) is 30.3 Å². The molecule has 1 rings (SSSR count). The van der Waals surface area contributed by atoms with Crippen LogP contribution in [0.25, 0.3) is 0 Å². The van der Waals surface area contributed by atoms with Crippen LogP contribution in [0.1, 0.15) is 18.5 Å². The molecule has 0 aliphatic carbocycles. The van der Waals surface area contributed by atoms with Crippen molar-refractivity contribution in [3.05, 3.63) is 35.9 Å². The molecule has 0 aromatic heterocycles. The number of nitrogens with one attached hydrogen (secondary N) is 1. The fourth-order valence-electron chi connectivity index (χ4n) is 1.18. The van der Waals surface area contributed by atoms with Gasteiger partial charge in [0.1, 0.15) is 12.1 Å². The second kappa shape index (κ2) is 5.27. The summed E-state index contributed by atoms with van der Waals surface area (Å²) >= 11 is 0. The topological polar surface area (TPSA) is 92.4 Å². The summed E-state index contributed by atoms with van der Waals surface area (Å²) in [5, 5.41) is 10.9. The zero-order valence-corrected chi connectivity index (χ0v) is 8.88. The second-order valence-electron chi connectivity index (χ2n) is 3.46. The van der Waals surface area contributed by atoms with Crippen molar-refractivity contribution in [2.75, 3.05) is 0 Å². The first kappa shape index (κ1) is 12.2. The van der Waals surface area contributed by atoms with Gasteiger partial charge in [-0.2, -0.15) is 0 Å². The minimum Gasteiger partial charge on any atom is -0.480 e. The minimum absolute atomic E-state index is 0.499. The normalized spacial score (nSPS) is 13.9. The van der Waals surface area contributed by atoms with Crippen LogP contribution in [0.2, 0.25) is 0 Å². The molecule has 1 aromatic carbocycles. The molecule has 0 aliphatic rings. The van der Waals surface area contributed by atoms with Gasteiger partial charge in [0.15, 0.2) is 0 Å². The highest BCUT2D eigenvalue weighted by molar-refractivity contribution is 5.87. The molecule has 0 spiro atoms. The number of hydrogen-bond donors (Lipinski definition) is 3. The van der Waals surface area contributed by atoms with Crippen molar-refractivity contribution >= 4 is 11.9 Å². The van der Waals surface area contributed by atoms with Crippen LogP contribution in [0.5, 0.6) is 0 Å². The number of amides is 1. The third kappa shape index (κ3) is 3.06. The van der Waals surface area contributed by atoms with E-state index < -0.39 is 24.0 Å². The van der Waals surface area contributed by atoms with E-state index in [0.29, 0.717) is 5.56 Å². The largest absolute Gasteiger partial charge is 0.480 e. The van der Waals surface area contributed by atoms with Gasteiger partial charge in [0.2, 0.25) is 5.91 Å². The van der Waals surface area contributed by atoms with Gasteiger partial charge in [0.05, 0.1) is 0 Å². The van der Waals surface area contributed by atoms with E-state index in [4.69, 9.17) is 10.8 Å². The van der Waals surface area contributed by atoms with Crippen molar-refractivity contribution in [1.82, 2.24) is 5.32 Å². The number of carbonyl (C=O) groups excluding carboxylic acids is 1. The molecule has 5 nitrogen and oxygen atoms in total. The molecule has 16 heavy (non-hydrogen) atoms. The van der Waals surface area contributed by atoms with Gasteiger partial charge in [-0.05, 0) is 12.5 Å². The van der Waals surface area contributed by atoms with E-state index in [2.05, 4.69) is 5.32 Å². The summed E-state index contributed by atoms with van der Waals surface area (Å²) in [5.74, 6) is -1.59. The average molecular weight is 222 g/mol. The van der Waals surface area contributed by atoms with Crippen LogP contribution in [-0.2, 0) is 9.59 Å². The summed E-state index contributed by atoms with van der Waals surface area (Å²) in [5.41, 5.74) is 6.33. The Kier molecular flexibility index (Phi) is 4.02. The summed E-state index contributed by atoms with van der Waals surface area (Å²) in [6, 6.07) is 7.00. The van der Waals surface area contributed by atoms with Gasteiger partial charge in [-0.3, -0.25) is 9.59 Å². The lowest BCUT2D eigenvalue weighted by atomic mass is 10.1. The Morgan fingerprint density at radius 1 is 1.31 bits per heavy atom. The Morgan fingerprint density at radius 2 is 1.88 bits per heavy atom. The van der Waals surface area contributed by atoms with Crippen LogP contribution in [0, 0.1) is 0 Å². The standard InChI is InChI=1S/C11H14N2O3/c1-7(11(15)16)13-10(14)9(12)8-5-3-2-4-6-8/h2-7,9H,12H2,1H3,(H,13,14)(H,15,16)/t7-,9?/m1/s1.